The molecule has 0 aliphatic carbocycles. The number of hydrogen-bond acceptors (Lipinski definition) is 3. The smallest absolute Gasteiger partial charge is 0.255 e. The number of carbonyl (C=O) groups is 1. The fourth-order valence-corrected chi connectivity index (χ4v) is 3.00. The molecule has 1 saturated heterocycles. The summed E-state index contributed by atoms with van der Waals surface area (Å²) < 4.78 is 0. The molecule has 0 radical (unpaired) electrons. The van der Waals surface area contributed by atoms with Gasteiger partial charge in [-0.25, -0.2) is 0 Å². The van der Waals surface area contributed by atoms with Crippen molar-refractivity contribution in [1.82, 2.24) is 4.90 Å². The third kappa shape index (κ3) is 3.90. The first-order valence-electron chi connectivity index (χ1n) is 8.01. The molecule has 1 heterocycles. The van der Waals surface area contributed by atoms with Gasteiger partial charge in [0, 0.05) is 11.3 Å². The second-order valence-electron chi connectivity index (χ2n) is 6.20. The van der Waals surface area contributed by atoms with E-state index < -0.39 is 0 Å². The summed E-state index contributed by atoms with van der Waals surface area (Å²) in [6, 6.07) is 14.4. The average molecular weight is 310 g/mol. The summed E-state index contributed by atoms with van der Waals surface area (Å²) in [5.74, 6) is 0.650. The van der Waals surface area contributed by atoms with Crippen LogP contribution in [0, 0.1) is 0 Å². The SMILES string of the molecule is CN1CCC(c2ccc(C(=O)Nc3ccc(O)cc3)cc2)CC1. The van der Waals surface area contributed by atoms with E-state index in [1.807, 2.05) is 12.1 Å². The summed E-state index contributed by atoms with van der Waals surface area (Å²) in [7, 11) is 2.16. The Morgan fingerprint density at radius 1 is 1.04 bits per heavy atom. The molecule has 1 amide bonds. The van der Waals surface area contributed by atoms with Crippen LogP contribution < -0.4 is 5.32 Å². The molecular weight excluding hydrogens is 288 g/mol. The molecule has 3 rings (SSSR count). The van der Waals surface area contributed by atoms with Crippen LogP contribution in [0.3, 0.4) is 0 Å². The van der Waals surface area contributed by atoms with Gasteiger partial charge >= 0.3 is 0 Å². The number of aromatic hydroxyl groups is 1. The minimum Gasteiger partial charge on any atom is -0.508 e. The largest absolute Gasteiger partial charge is 0.508 e. The highest BCUT2D eigenvalue weighted by molar-refractivity contribution is 6.04. The normalized spacial score (nSPS) is 16.2. The van der Waals surface area contributed by atoms with Crippen molar-refractivity contribution in [3.8, 4) is 5.75 Å². The molecule has 120 valence electrons. The lowest BCUT2D eigenvalue weighted by molar-refractivity contribution is 0.102. The monoisotopic (exact) mass is 310 g/mol. The van der Waals surface area contributed by atoms with Crippen LogP contribution in [0.5, 0.6) is 5.75 Å². The summed E-state index contributed by atoms with van der Waals surface area (Å²) in [6.45, 7) is 2.27. The number of amides is 1. The maximum Gasteiger partial charge on any atom is 0.255 e. The first kappa shape index (κ1) is 15.6. The van der Waals surface area contributed by atoms with E-state index in [1.54, 1.807) is 24.3 Å². The van der Waals surface area contributed by atoms with Crippen molar-refractivity contribution in [3.63, 3.8) is 0 Å². The van der Waals surface area contributed by atoms with Gasteiger partial charge in [-0.1, -0.05) is 12.1 Å². The molecule has 0 atom stereocenters. The van der Waals surface area contributed by atoms with Crippen molar-refractivity contribution in [2.45, 2.75) is 18.8 Å². The van der Waals surface area contributed by atoms with Crippen LogP contribution in [0.4, 0.5) is 5.69 Å². The zero-order valence-electron chi connectivity index (χ0n) is 13.3. The average Bonchev–Trinajstić information content (AvgIpc) is 2.58. The van der Waals surface area contributed by atoms with Crippen LogP contribution in [0.25, 0.3) is 0 Å². The van der Waals surface area contributed by atoms with E-state index in [0.29, 0.717) is 17.2 Å². The highest BCUT2D eigenvalue weighted by Gasteiger charge is 2.18. The Bertz CT molecular complexity index is 657. The fourth-order valence-electron chi connectivity index (χ4n) is 3.00. The number of hydrogen-bond donors (Lipinski definition) is 2. The van der Waals surface area contributed by atoms with Crippen LogP contribution in [0.15, 0.2) is 48.5 Å². The number of carbonyl (C=O) groups excluding carboxylic acids is 1. The van der Waals surface area contributed by atoms with E-state index >= 15 is 0 Å². The van der Waals surface area contributed by atoms with Crippen molar-refractivity contribution in [2.24, 2.45) is 0 Å². The minimum atomic E-state index is -0.134. The molecule has 2 aromatic rings. The highest BCUT2D eigenvalue weighted by atomic mass is 16.3. The van der Waals surface area contributed by atoms with E-state index in [-0.39, 0.29) is 11.7 Å². The summed E-state index contributed by atoms with van der Waals surface area (Å²) >= 11 is 0. The lowest BCUT2D eigenvalue weighted by Gasteiger charge is -2.29. The van der Waals surface area contributed by atoms with Gasteiger partial charge in [0.25, 0.3) is 5.91 Å². The van der Waals surface area contributed by atoms with Gasteiger partial charge in [-0.2, -0.15) is 0 Å². The number of rotatable bonds is 3. The highest BCUT2D eigenvalue weighted by Crippen LogP contribution is 2.27. The molecule has 2 aromatic carbocycles. The van der Waals surface area contributed by atoms with Gasteiger partial charge in [-0.15, -0.1) is 0 Å². The van der Waals surface area contributed by atoms with Crippen molar-refractivity contribution in [3.05, 3.63) is 59.7 Å². The molecule has 1 aliphatic rings. The maximum absolute atomic E-state index is 12.2. The third-order valence-corrected chi connectivity index (χ3v) is 4.49. The van der Waals surface area contributed by atoms with E-state index in [4.69, 9.17) is 0 Å². The van der Waals surface area contributed by atoms with Crippen LogP contribution in [0.2, 0.25) is 0 Å². The summed E-state index contributed by atoms with van der Waals surface area (Å²) in [6.07, 6.45) is 2.35. The molecule has 0 bridgehead atoms. The molecule has 23 heavy (non-hydrogen) atoms. The van der Waals surface area contributed by atoms with E-state index in [2.05, 4.69) is 29.4 Å². The Hall–Kier alpha value is -2.33. The molecule has 0 aromatic heterocycles. The molecule has 2 N–H and O–H groups in total. The number of piperidine rings is 1. The first-order chi connectivity index (χ1) is 11.1. The van der Waals surface area contributed by atoms with Crippen molar-refractivity contribution in [1.29, 1.82) is 0 Å². The first-order valence-corrected chi connectivity index (χ1v) is 8.01. The summed E-state index contributed by atoms with van der Waals surface area (Å²) in [5, 5.41) is 12.1. The van der Waals surface area contributed by atoms with E-state index in [0.717, 1.165) is 13.1 Å². The maximum atomic E-state index is 12.2. The number of phenolic OH excluding ortho intramolecular Hbond substituents is 1. The van der Waals surface area contributed by atoms with Crippen LogP contribution in [-0.4, -0.2) is 36.1 Å². The lowest BCUT2D eigenvalue weighted by Crippen LogP contribution is -2.29. The predicted molar refractivity (Wildman–Crippen MR) is 92.0 cm³/mol. The van der Waals surface area contributed by atoms with Crippen molar-refractivity contribution >= 4 is 11.6 Å². The van der Waals surface area contributed by atoms with Crippen LogP contribution in [0.1, 0.15) is 34.7 Å². The van der Waals surface area contributed by atoms with Crippen LogP contribution in [-0.2, 0) is 0 Å². The Kier molecular flexibility index (Phi) is 4.63. The number of benzene rings is 2. The Labute approximate surface area is 136 Å². The van der Waals surface area contributed by atoms with Gasteiger partial charge in [0.1, 0.15) is 5.75 Å². The van der Waals surface area contributed by atoms with Gasteiger partial charge in [-0.05, 0) is 80.9 Å². The third-order valence-electron chi connectivity index (χ3n) is 4.49. The van der Waals surface area contributed by atoms with Crippen molar-refractivity contribution < 1.29 is 9.90 Å². The van der Waals surface area contributed by atoms with Gasteiger partial charge < -0.3 is 15.3 Å². The van der Waals surface area contributed by atoms with E-state index in [1.165, 1.54) is 18.4 Å². The second-order valence-corrected chi connectivity index (χ2v) is 6.20. The minimum absolute atomic E-state index is 0.134. The number of nitrogens with zero attached hydrogens (tertiary/aromatic N) is 1. The van der Waals surface area contributed by atoms with Gasteiger partial charge in [0.05, 0.1) is 0 Å². The molecule has 4 heteroatoms. The molecular formula is C19H22N2O2. The lowest BCUT2D eigenvalue weighted by atomic mass is 9.89. The molecule has 1 aliphatic heterocycles. The summed E-state index contributed by atoms with van der Waals surface area (Å²) in [5.41, 5.74) is 2.64. The van der Waals surface area contributed by atoms with Crippen molar-refractivity contribution in [2.75, 3.05) is 25.5 Å². The zero-order chi connectivity index (χ0) is 16.2. The molecule has 0 unspecified atom stereocenters. The zero-order valence-corrected chi connectivity index (χ0v) is 13.3. The molecule has 0 saturated carbocycles. The van der Waals surface area contributed by atoms with Gasteiger partial charge in [0.15, 0.2) is 0 Å². The fraction of sp³-hybridized carbons (Fsp3) is 0.316. The number of nitrogens with one attached hydrogen (secondary N) is 1. The number of phenols is 1. The number of anilines is 1. The molecule has 0 spiro atoms. The predicted octanol–water partition coefficient (Wildman–Crippen LogP) is 3.45. The van der Waals surface area contributed by atoms with Gasteiger partial charge in [-0.3, -0.25) is 4.79 Å². The second kappa shape index (κ2) is 6.84. The standard InChI is InChI=1S/C19H22N2O2/c1-21-12-10-15(11-13-21)14-2-4-16(5-3-14)19(23)20-17-6-8-18(22)9-7-17/h2-9,15,22H,10-13H2,1H3,(H,20,23). The number of likely N-dealkylation sites (tertiary alicyclic amines) is 1. The quantitative estimate of drug-likeness (QED) is 0.854. The van der Waals surface area contributed by atoms with E-state index in [9.17, 15) is 9.90 Å². The topological polar surface area (TPSA) is 52.6 Å². The Morgan fingerprint density at radius 2 is 1.65 bits per heavy atom. The molecule has 1 fully saturated rings. The summed E-state index contributed by atoms with van der Waals surface area (Å²) in [4.78, 5) is 14.6. The van der Waals surface area contributed by atoms with Crippen LogP contribution >= 0.6 is 0 Å². The Balaban J connectivity index is 1.64. The molecule has 4 nitrogen and oxygen atoms in total. The van der Waals surface area contributed by atoms with Gasteiger partial charge in [0.2, 0.25) is 0 Å². The Morgan fingerprint density at radius 3 is 2.26 bits per heavy atom.